The van der Waals surface area contributed by atoms with Crippen molar-refractivity contribution in [3.63, 3.8) is 0 Å². The highest BCUT2D eigenvalue weighted by atomic mass is 35.5. The second-order valence-electron chi connectivity index (χ2n) is 8.02. The van der Waals surface area contributed by atoms with Crippen LogP contribution in [-0.2, 0) is 17.9 Å². The minimum atomic E-state index is -0.146. The van der Waals surface area contributed by atoms with Gasteiger partial charge in [-0.05, 0) is 50.6 Å². The second kappa shape index (κ2) is 7.30. The van der Waals surface area contributed by atoms with E-state index in [0.29, 0.717) is 53.6 Å². The molecule has 0 spiro atoms. The molecular weight excluding hydrogens is 406 g/mol. The molecule has 6 nitrogen and oxygen atoms in total. The third-order valence-electron chi connectivity index (χ3n) is 5.67. The van der Waals surface area contributed by atoms with Gasteiger partial charge in [0.25, 0.3) is 0 Å². The van der Waals surface area contributed by atoms with E-state index in [0.717, 1.165) is 22.4 Å². The van der Waals surface area contributed by atoms with E-state index in [9.17, 15) is 4.79 Å². The molecule has 7 heteroatoms. The van der Waals surface area contributed by atoms with Crippen LogP contribution in [-0.4, -0.2) is 30.2 Å². The van der Waals surface area contributed by atoms with Crippen molar-refractivity contribution in [2.75, 3.05) is 13.5 Å². The van der Waals surface area contributed by atoms with Crippen molar-refractivity contribution < 1.29 is 23.7 Å². The molecule has 3 aliphatic heterocycles. The van der Waals surface area contributed by atoms with Gasteiger partial charge in [0.2, 0.25) is 5.78 Å². The van der Waals surface area contributed by atoms with Gasteiger partial charge in [-0.15, -0.1) is 0 Å². The Bertz CT molecular complexity index is 1090. The second-order valence-corrected chi connectivity index (χ2v) is 8.46. The minimum Gasteiger partial charge on any atom is -0.478 e. The fourth-order valence-corrected chi connectivity index (χ4v) is 4.28. The van der Waals surface area contributed by atoms with Crippen molar-refractivity contribution in [2.24, 2.45) is 0 Å². The molecule has 2 aromatic carbocycles. The number of halogens is 1. The molecule has 5 rings (SSSR count). The molecule has 2 aromatic rings. The van der Waals surface area contributed by atoms with Crippen molar-refractivity contribution in [3.05, 3.63) is 56.8 Å². The van der Waals surface area contributed by atoms with Crippen molar-refractivity contribution in [2.45, 2.75) is 40.0 Å². The number of allylic oxidation sites excluding steroid dienone is 1. The average Bonchev–Trinajstić information content (AvgIpc) is 3.04. The first-order chi connectivity index (χ1) is 14.4. The number of fused-ring (bicyclic) bond motifs is 4. The molecule has 0 N–H and O–H groups in total. The minimum absolute atomic E-state index is 0.146. The summed E-state index contributed by atoms with van der Waals surface area (Å²) in [4.78, 5) is 15.4. The largest absolute Gasteiger partial charge is 0.478 e. The number of rotatable bonds is 2. The van der Waals surface area contributed by atoms with Gasteiger partial charge in [-0.25, -0.2) is 0 Å². The Morgan fingerprint density at radius 2 is 2.00 bits per heavy atom. The van der Waals surface area contributed by atoms with Gasteiger partial charge in [-0.2, -0.15) is 0 Å². The van der Waals surface area contributed by atoms with Gasteiger partial charge in [0.1, 0.15) is 24.0 Å². The summed E-state index contributed by atoms with van der Waals surface area (Å²) in [5.74, 6) is 2.14. The molecule has 30 heavy (non-hydrogen) atoms. The number of hydrogen-bond acceptors (Lipinski definition) is 6. The van der Waals surface area contributed by atoms with Gasteiger partial charge in [0.05, 0.1) is 17.7 Å². The van der Waals surface area contributed by atoms with Crippen molar-refractivity contribution in [1.29, 1.82) is 0 Å². The van der Waals surface area contributed by atoms with Crippen molar-refractivity contribution in [1.82, 2.24) is 4.90 Å². The Morgan fingerprint density at radius 1 is 1.17 bits per heavy atom. The van der Waals surface area contributed by atoms with Gasteiger partial charge < -0.3 is 18.9 Å². The van der Waals surface area contributed by atoms with Crippen LogP contribution in [0.2, 0.25) is 5.02 Å². The monoisotopic (exact) mass is 427 g/mol. The number of Topliss-reactive ketones (excluding diaryl/α,β-unsaturated/α-hetero) is 1. The molecule has 3 aliphatic rings. The number of hydrogen-bond donors (Lipinski definition) is 0. The van der Waals surface area contributed by atoms with Crippen LogP contribution in [0.4, 0.5) is 0 Å². The molecular formula is C23H22ClNO5. The van der Waals surface area contributed by atoms with E-state index < -0.39 is 0 Å². The predicted octanol–water partition coefficient (Wildman–Crippen LogP) is 4.69. The van der Waals surface area contributed by atoms with E-state index >= 15 is 0 Å². The standard InChI is InChI=1S/C23H22ClNO5/c1-12(2)25-8-17-18(28-10-25)4-13(3)20-21(26)19(30-23(17)20)7-14-5-16(24)6-15-9-27-11-29-22(14)15/h4-7,12H,8-11H2,1-3H3/b19-7-. The van der Waals surface area contributed by atoms with Gasteiger partial charge in [-0.1, -0.05) is 11.6 Å². The molecule has 0 fully saturated rings. The van der Waals surface area contributed by atoms with Gasteiger partial charge >= 0.3 is 0 Å². The van der Waals surface area contributed by atoms with E-state index in [1.807, 2.05) is 19.1 Å². The quantitative estimate of drug-likeness (QED) is 0.648. The van der Waals surface area contributed by atoms with Gasteiger partial charge in [-0.3, -0.25) is 9.69 Å². The summed E-state index contributed by atoms with van der Waals surface area (Å²) in [6, 6.07) is 5.82. The zero-order chi connectivity index (χ0) is 21.0. The Morgan fingerprint density at radius 3 is 2.80 bits per heavy atom. The smallest absolute Gasteiger partial charge is 0.232 e. The summed E-state index contributed by atoms with van der Waals surface area (Å²) in [6.45, 7) is 7.91. The zero-order valence-electron chi connectivity index (χ0n) is 17.1. The van der Waals surface area contributed by atoms with Gasteiger partial charge in [0, 0.05) is 28.7 Å². The molecule has 0 aromatic heterocycles. The number of aryl methyl sites for hydroxylation is 1. The van der Waals surface area contributed by atoms with Crippen LogP contribution < -0.4 is 14.2 Å². The molecule has 156 valence electrons. The van der Waals surface area contributed by atoms with E-state index in [1.165, 1.54) is 0 Å². The fourth-order valence-electron chi connectivity index (χ4n) is 4.04. The van der Waals surface area contributed by atoms with Crippen LogP contribution in [0.3, 0.4) is 0 Å². The van der Waals surface area contributed by atoms with E-state index in [-0.39, 0.29) is 18.3 Å². The lowest BCUT2D eigenvalue weighted by Gasteiger charge is -2.32. The first kappa shape index (κ1) is 19.4. The van der Waals surface area contributed by atoms with E-state index in [1.54, 1.807) is 12.1 Å². The lowest BCUT2D eigenvalue weighted by molar-refractivity contribution is -0.0165. The average molecular weight is 428 g/mol. The molecule has 0 radical (unpaired) electrons. The fraction of sp³-hybridized carbons (Fsp3) is 0.348. The Balaban J connectivity index is 1.58. The SMILES string of the molecule is Cc1cc2c(c3c1C(=O)/C(=C/c1cc(Cl)cc4c1OCOC4)O3)CN(C(C)C)CO2. The summed E-state index contributed by atoms with van der Waals surface area (Å²) in [7, 11) is 0. The van der Waals surface area contributed by atoms with Crippen molar-refractivity contribution in [3.8, 4) is 17.2 Å². The van der Waals surface area contributed by atoms with Crippen LogP contribution in [0.5, 0.6) is 17.2 Å². The lowest BCUT2D eigenvalue weighted by atomic mass is 9.98. The summed E-state index contributed by atoms with van der Waals surface area (Å²) in [5.41, 5.74) is 3.88. The number of carbonyl (C=O) groups is 1. The van der Waals surface area contributed by atoms with Crippen LogP contribution in [0.15, 0.2) is 24.0 Å². The molecule has 0 saturated heterocycles. The topological polar surface area (TPSA) is 57.2 Å². The van der Waals surface area contributed by atoms with Crippen LogP contribution in [0.25, 0.3) is 6.08 Å². The van der Waals surface area contributed by atoms with Crippen LogP contribution in [0.1, 0.15) is 46.5 Å². The Labute approximate surface area is 179 Å². The zero-order valence-corrected chi connectivity index (χ0v) is 17.8. The predicted molar refractivity (Wildman–Crippen MR) is 112 cm³/mol. The summed E-state index contributed by atoms with van der Waals surface area (Å²) < 4.78 is 23.1. The first-order valence-electron chi connectivity index (χ1n) is 9.93. The highest BCUT2D eigenvalue weighted by molar-refractivity contribution is 6.31. The van der Waals surface area contributed by atoms with Gasteiger partial charge in [0.15, 0.2) is 12.6 Å². The Kier molecular flexibility index (Phi) is 4.73. The number of carbonyl (C=O) groups excluding carboxylic acids is 1. The molecule has 0 aliphatic carbocycles. The van der Waals surface area contributed by atoms with Crippen LogP contribution in [0, 0.1) is 6.92 Å². The molecule has 0 bridgehead atoms. The normalized spacial score (nSPS) is 19.1. The van der Waals surface area contributed by atoms with E-state index in [2.05, 4.69) is 18.7 Å². The third-order valence-corrected chi connectivity index (χ3v) is 5.89. The number of nitrogens with zero attached hydrogens (tertiary/aromatic N) is 1. The number of ether oxygens (including phenoxy) is 4. The highest BCUT2D eigenvalue weighted by Gasteiger charge is 2.36. The molecule has 0 atom stereocenters. The number of benzene rings is 2. The third kappa shape index (κ3) is 3.16. The maximum atomic E-state index is 13.2. The van der Waals surface area contributed by atoms with Crippen LogP contribution >= 0.6 is 11.6 Å². The maximum absolute atomic E-state index is 13.2. The summed E-state index contributed by atoms with van der Waals surface area (Å²) >= 11 is 6.27. The first-order valence-corrected chi connectivity index (χ1v) is 10.3. The van der Waals surface area contributed by atoms with E-state index in [4.69, 9.17) is 30.5 Å². The number of ketones is 1. The summed E-state index contributed by atoms with van der Waals surface area (Å²) in [6.07, 6.45) is 1.70. The molecule has 0 amide bonds. The highest BCUT2D eigenvalue weighted by Crippen LogP contribution is 2.45. The lowest BCUT2D eigenvalue weighted by Crippen LogP contribution is -2.37. The molecule has 0 unspecified atom stereocenters. The Hall–Kier alpha value is -2.54. The molecule has 0 saturated carbocycles. The van der Waals surface area contributed by atoms with Crippen molar-refractivity contribution >= 4 is 23.5 Å². The summed E-state index contributed by atoms with van der Waals surface area (Å²) in [5, 5.41) is 0.548. The maximum Gasteiger partial charge on any atom is 0.232 e. The molecule has 3 heterocycles.